The number of carboxylic acid groups (broad SMARTS) is 1. The predicted molar refractivity (Wildman–Crippen MR) is 117 cm³/mol. The van der Waals surface area contributed by atoms with Crippen molar-refractivity contribution in [1.82, 2.24) is 9.29 Å². The Bertz CT molecular complexity index is 1250. The summed E-state index contributed by atoms with van der Waals surface area (Å²) in [5.74, 6) is -1.18. The number of benzene rings is 2. The van der Waals surface area contributed by atoms with Gasteiger partial charge in [0.2, 0.25) is 10.0 Å². The van der Waals surface area contributed by atoms with E-state index in [4.69, 9.17) is 15.6 Å². The zero-order valence-corrected chi connectivity index (χ0v) is 18.3. The van der Waals surface area contributed by atoms with E-state index in [9.17, 15) is 17.6 Å². The molecule has 1 fully saturated rings. The fourth-order valence-electron chi connectivity index (χ4n) is 3.66. The van der Waals surface area contributed by atoms with Crippen LogP contribution < -0.4 is 10.5 Å². The molecule has 3 N–H and O–H groups in total. The van der Waals surface area contributed by atoms with E-state index in [1.54, 1.807) is 36.5 Å². The molecule has 33 heavy (non-hydrogen) atoms. The smallest absolute Gasteiger partial charge is 0.320 e. The summed E-state index contributed by atoms with van der Waals surface area (Å²) in [6, 6.07) is 15.7. The van der Waals surface area contributed by atoms with Crippen LogP contribution in [0.5, 0.6) is 5.75 Å². The first kappa shape index (κ1) is 22.8. The molecule has 0 saturated carbocycles. The van der Waals surface area contributed by atoms with E-state index in [2.05, 4.69) is 4.98 Å². The lowest BCUT2D eigenvalue weighted by molar-refractivity contribution is -0.138. The second kappa shape index (κ2) is 8.89. The Labute approximate surface area is 190 Å². The van der Waals surface area contributed by atoms with Crippen molar-refractivity contribution in [2.24, 2.45) is 5.73 Å². The van der Waals surface area contributed by atoms with Crippen LogP contribution in [0.1, 0.15) is 11.3 Å². The Morgan fingerprint density at radius 1 is 1.15 bits per heavy atom. The molecule has 1 atom stereocenters. The summed E-state index contributed by atoms with van der Waals surface area (Å²) in [4.78, 5) is 15.4. The monoisotopic (exact) mass is 471 g/mol. The lowest BCUT2D eigenvalue weighted by Crippen LogP contribution is -2.64. The van der Waals surface area contributed by atoms with Gasteiger partial charge < -0.3 is 15.6 Å². The molecular weight excluding hydrogens is 449 g/mol. The maximum Gasteiger partial charge on any atom is 0.320 e. The van der Waals surface area contributed by atoms with Crippen LogP contribution in [0.3, 0.4) is 0 Å². The molecule has 4 rings (SSSR count). The van der Waals surface area contributed by atoms with Crippen LogP contribution in [0.2, 0.25) is 0 Å². The number of hydrogen-bond acceptors (Lipinski definition) is 6. The summed E-state index contributed by atoms with van der Waals surface area (Å²) in [6.45, 7) is 0.00514. The number of ether oxygens (including phenoxy) is 1. The molecule has 1 unspecified atom stereocenters. The number of aromatic nitrogens is 1. The van der Waals surface area contributed by atoms with Crippen LogP contribution in [0.4, 0.5) is 4.39 Å². The van der Waals surface area contributed by atoms with Gasteiger partial charge in [0.1, 0.15) is 17.6 Å². The van der Waals surface area contributed by atoms with Crippen molar-refractivity contribution in [2.45, 2.75) is 23.0 Å². The molecule has 0 amide bonds. The molecule has 0 radical (unpaired) electrons. The van der Waals surface area contributed by atoms with Gasteiger partial charge >= 0.3 is 5.97 Å². The second-order valence-electron chi connectivity index (χ2n) is 7.83. The molecule has 0 aliphatic carbocycles. The first-order chi connectivity index (χ1) is 15.7. The van der Waals surface area contributed by atoms with Gasteiger partial charge in [0.25, 0.3) is 0 Å². The van der Waals surface area contributed by atoms with Gasteiger partial charge in [-0.15, -0.1) is 0 Å². The zero-order valence-electron chi connectivity index (χ0n) is 17.5. The van der Waals surface area contributed by atoms with Crippen molar-refractivity contribution >= 4 is 16.0 Å². The number of nitrogens with two attached hydrogens (primary N) is 1. The topological polar surface area (TPSA) is 123 Å². The van der Waals surface area contributed by atoms with E-state index >= 15 is 0 Å². The fraction of sp³-hybridized carbons (Fsp3) is 0.217. The number of nitrogens with zero attached hydrogens (tertiary/aromatic N) is 2. The average Bonchev–Trinajstić information content (AvgIpc) is 2.78. The van der Waals surface area contributed by atoms with Crippen LogP contribution in [0.15, 0.2) is 77.8 Å². The summed E-state index contributed by atoms with van der Waals surface area (Å²) >= 11 is 0. The van der Waals surface area contributed by atoms with Gasteiger partial charge in [-0.2, -0.15) is 4.31 Å². The van der Waals surface area contributed by atoms with Gasteiger partial charge in [-0.25, -0.2) is 12.8 Å². The van der Waals surface area contributed by atoms with Crippen LogP contribution in [0, 0.1) is 5.82 Å². The Balaban J connectivity index is 1.58. The van der Waals surface area contributed by atoms with Crippen LogP contribution >= 0.6 is 0 Å². The van der Waals surface area contributed by atoms with Crippen LogP contribution in [-0.2, 0) is 26.8 Å². The van der Waals surface area contributed by atoms with Crippen molar-refractivity contribution in [1.29, 1.82) is 0 Å². The summed E-state index contributed by atoms with van der Waals surface area (Å²) < 4.78 is 47.2. The highest BCUT2D eigenvalue weighted by molar-refractivity contribution is 7.89. The van der Waals surface area contributed by atoms with Gasteiger partial charge in [0, 0.05) is 6.20 Å². The first-order valence-electron chi connectivity index (χ1n) is 10.1. The lowest BCUT2D eigenvalue weighted by atomic mass is 9.92. The number of carboxylic acids is 1. The van der Waals surface area contributed by atoms with Crippen molar-refractivity contribution in [3.8, 4) is 5.75 Å². The van der Waals surface area contributed by atoms with Gasteiger partial charge in [-0.1, -0.05) is 18.2 Å². The van der Waals surface area contributed by atoms with Crippen molar-refractivity contribution in [3.63, 3.8) is 0 Å². The molecule has 1 aromatic heterocycles. The van der Waals surface area contributed by atoms with Gasteiger partial charge in [-0.05, 0) is 60.5 Å². The number of hydrogen-bond donors (Lipinski definition) is 2. The number of sulfonamides is 1. The number of halogens is 1. The van der Waals surface area contributed by atoms with E-state index < -0.39 is 33.5 Å². The second-order valence-corrected chi connectivity index (χ2v) is 9.77. The molecule has 2 aromatic carbocycles. The first-order valence-corrected chi connectivity index (χ1v) is 11.6. The molecule has 2 heterocycles. The highest BCUT2D eigenvalue weighted by atomic mass is 32.2. The quantitative estimate of drug-likeness (QED) is 0.516. The molecule has 8 nitrogen and oxygen atoms in total. The minimum atomic E-state index is -3.88. The minimum absolute atomic E-state index is 0.00257. The summed E-state index contributed by atoms with van der Waals surface area (Å²) in [5.41, 5.74) is 5.61. The summed E-state index contributed by atoms with van der Waals surface area (Å²) in [7, 11) is -3.88. The molecule has 0 bridgehead atoms. The maximum absolute atomic E-state index is 13.3. The lowest BCUT2D eigenvalue weighted by Gasteiger charge is -2.48. The van der Waals surface area contributed by atoms with E-state index in [1.807, 2.05) is 0 Å². The van der Waals surface area contributed by atoms with E-state index in [-0.39, 0.29) is 24.4 Å². The number of rotatable bonds is 8. The Morgan fingerprint density at radius 3 is 2.52 bits per heavy atom. The zero-order chi connectivity index (χ0) is 23.6. The highest BCUT2D eigenvalue weighted by Gasteiger charge is 2.53. The predicted octanol–water partition coefficient (Wildman–Crippen LogP) is 2.15. The third kappa shape index (κ3) is 4.72. The van der Waals surface area contributed by atoms with E-state index in [0.717, 1.165) is 0 Å². The Kier molecular flexibility index (Phi) is 6.15. The summed E-state index contributed by atoms with van der Waals surface area (Å²) in [5, 5.41) is 9.02. The van der Waals surface area contributed by atoms with E-state index in [1.165, 1.54) is 40.7 Å². The third-order valence-electron chi connectivity index (χ3n) is 5.43. The van der Waals surface area contributed by atoms with Crippen LogP contribution in [0.25, 0.3) is 0 Å². The van der Waals surface area contributed by atoms with Gasteiger partial charge in [0.15, 0.2) is 5.60 Å². The maximum atomic E-state index is 13.3. The fourth-order valence-corrected chi connectivity index (χ4v) is 5.26. The Morgan fingerprint density at radius 2 is 1.88 bits per heavy atom. The van der Waals surface area contributed by atoms with Gasteiger partial charge in [0.05, 0.1) is 23.7 Å². The molecule has 0 spiro atoms. The Hall–Kier alpha value is -3.34. The molecule has 10 heteroatoms. The highest BCUT2D eigenvalue weighted by Crippen LogP contribution is 2.39. The normalized spacial score (nSPS) is 16.5. The molecule has 3 aromatic rings. The standard InChI is InChI=1S/C23H22FN3O5S/c24-17-7-9-18(10-8-17)32-23(21-6-1-2-11-26-21)14-27(15-23)33(30,31)19-5-3-4-16(12-19)13-20(25)22(28)29/h1-12,20H,13-15,25H2,(H,28,29). The third-order valence-corrected chi connectivity index (χ3v) is 7.22. The molecule has 1 aliphatic rings. The molecule has 1 aliphatic heterocycles. The largest absolute Gasteiger partial charge is 0.480 e. The van der Waals surface area contributed by atoms with Crippen LogP contribution in [-0.4, -0.2) is 47.9 Å². The number of aliphatic carboxylic acids is 1. The summed E-state index contributed by atoms with van der Waals surface area (Å²) in [6.07, 6.45) is 1.60. The van der Waals surface area contributed by atoms with E-state index in [0.29, 0.717) is 17.0 Å². The van der Waals surface area contributed by atoms with Crippen molar-refractivity contribution in [3.05, 3.63) is 90.0 Å². The van der Waals surface area contributed by atoms with Crippen molar-refractivity contribution in [2.75, 3.05) is 13.1 Å². The SMILES string of the molecule is NC(Cc1cccc(S(=O)(=O)N2CC(Oc3ccc(F)cc3)(c3ccccn3)C2)c1)C(=O)O. The molecule has 172 valence electrons. The molecule has 1 saturated heterocycles. The number of carbonyl (C=O) groups is 1. The molecular formula is C23H22FN3O5S. The number of pyridine rings is 1. The average molecular weight is 472 g/mol. The minimum Gasteiger partial charge on any atom is -0.480 e. The van der Waals surface area contributed by atoms with Crippen molar-refractivity contribution < 1.29 is 27.4 Å². The van der Waals surface area contributed by atoms with Gasteiger partial charge in [-0.3, -0.25) is 9.78 Å².